The first-order valence-electron chi connectivity index (χ1n) is 6.51. The van der Waals surface area contributed by atoms with Gasteiger partial charge in [0.05, 0.1) is 0 Å². The van der Waals surface area contributed by atoms with Gasteiger partial charge >= 0.3 is 0 Å². The molecule has 1 fully saturated rings. The molecule has 1 nitrogen and oxygen atoms in total. The van der Waals surface area contributed by atoms with Crippen LogP contribution in [0.2, 0.25) is 5.02 Å². The van der Waals surface area contributed by atoms with E-state index in [1.165, 1.54) is 29.5 Å². The Labute approximate surface area is 127 Å². The zero-order valence-electron chi connectivity index (χ0n) is 10.5. The number of rotatable bonds is 4. The van der Waals surface area contributed by atoms with Crippen molar-refractivity contribution in [1.82, 2.24) is 5.32 Å². The molecule has 0 bridgehead atoms. The van der Waals surface area contributed by atoms with Crippen LogP contribution in [0.5, 0.6) is 0 Å². The molecule has 0 atom stereocenters. The second-order valence-electron chi connectivity index (χ2n) is 4.94. The zero-order valence-corrected chi connectivity index (χ0v) is 12.8. The highest BCUT2D eigenvalue weighted by Crippen LogP contribution is 2.31. The molecule has 3 heteroatoms. The van der Waals surface area contributed by atoms with Gasteiger partial charge in [0.2, 0.25) is 0 Å². The fourth-order valence-electron chi connectivity index (χ4n) is 2.11. The summed E-state index contributed by atoms with van der Waals surface area (Å²) in [6, 6.07) is 15.2. The maximum atomic E-state index is 6.28. The Kier molecular flexibility index (Phi) is 3.92. The highest BCUT2D eigenvalue weighted by atomic mass is 79.9. The van der Waals surface area contributed by atoms with Crippen LogP contribution < -0.4 is 5.32 Å². The number of hydrogen-bond donors (Lipinski definition) is 1. The van der Waals surface area contributed by atoms with Crippen LogP contribution >= 0.6 is 27.5 Å². The first-order chi connectivity index (χ1) is 9.24. The zero-order chi connectivity index (χ0) is 13.2. The van der Waals surface area contributed by atoms with E-state index in [0.717, 1.165) is 16.0 Å². The highest BCUT2D eigenvalue weighted by Gasteiger charge is 2.20. The lowest BCUT2D eigenvalue weighted by atomic mass is 10.0. The second kappa shape index (κ2) is 5.66. The van der Waals surface area contributed by atoms with Gasteiger partial charge in [0.1, 0.15) is 0 Å². The molecule has 0 amide bonds. The third kappa shape index (κ3) is 3.19. The van der Waals surface area contributed by atoms with Gasteiger partial charge in [-0.1, -0.05) is 51.8 Å². The fraction of sp³-hybridized carbons (Fsp3) is 0.250. The maximum Gasteiger partial charge on any atom is 0.0451 e. The van der Waals surface area contributed by atoms with E-state index in [1.54, 1.807) is 0 Å². The minimum Gasteiger partial charge on any atom is -0.310 e. The van der Waals surface area contributed by atoms with Gasteiger partial charge in [-0.25, -0.2) is 0 Å². The van der Waals surface area contributed by atoms with E-state index in [1.807, 2.05) is 12.1 Å². The Balaban J connectivity index is 1.89. The summed E-state index contributed by atoms with van der Waals surface area (Å²) in [6.45, 7) is 0.849. The van der Waals surface area contributed by atoms with Crippen molar-refractivity contribution in [2.24, 2.45) is 0 Å². The van der Waals surface area contributed by atoms with E-state index < -0.39 is 0 Å². The van der Waals surface area contributed by atoms with Gasteiger partial charge in [-0.2, -0.15) is 0 Å². The van der Waals surface area contributed by atoms with Gasteiger partial charge in [0, 0.05) is 22.1 Å². The molecule has 0 saturated heterocycles. The Bertz CT molecular complexity index is 593. The van der Waals surface area contributed by atoms with E-state index in [0.29, 0.717) is 6.04 Å². The van der Waals surface area contributed by atoms with Crippen LogP contribution in [0.3, 0.4) is 0 Å². The molecule has 1 aliphatic carbocycles. The van der Waals surface area contributed by atoms with E-state index in [9.17, 15) is 0 Å². The minimum absolute atomic E-state index is 0.697. The fourth-order valence-corrected chi connectivity index (χ4v) is 2.81. The SMILES string of the molecule is Clc1ccc(-c2ccccc2Br)cc1CNC1CC1. The monoisotopic (exact) mass is 335 g/mol. The summed E-state index contributed by atoms with van der Waals surface area (Å²) in [5.74, 6) is 0. The lowest BCUT2D eigenvalue weighted by Crippen LogP contribution is -2.15. The van der Waals surface area contributed by atoms with Gasteiger partial charge < -0.3 is 5.32 Å². The van der Waals surface area contributed by atoms with E-state index >= 15 is 0 Å². The maximum absolute atomic E-state index is 6.28. The summed E-state index contributed by atoms with van der Waals surface area (Å²) >= 11 is 9.88. The average Bonchev–Trinajstić information content (AvgIpc) is 3.23. The largest absolute Gasteiger partial charge is 0.310 e. The summed E-state index contributed by atoms with van der Waals surface area (Å²) < 4.78 is 1.11. The topological polar surface area (TPSA) is 12.0 Å². The van der Waals surface area contributed by atoms with Crippen LogP contribution in [-0.2, 0) is 6.54 Å². The molecule has 1 N–H and O–H groups in total. The molecule has 19 heavy (non-hydrogen) atoms. The van der Waals surface area contributed by atoms with Crippen molar-refractivity contribution >= 4 is 27.5 Å². The van der Waals surface area contributed by atoms with Gasteiger partial charge in [-0.3, -0.25) is 0 Å². The lowest BCUT2D eigenvalue weighted by Gasteiger charge is -2.10. The Morgan fingerprint density at radius 3 is 2.68 bits per heavy atom. The van der Waals surface area contributed by atoms with E-state index in [2.05, 4.69) is 51.6 Å². The molecule has 0 aromatic heterocycles. The number of halogens is 2. The molecule has 1 saturated carbocycles. The van der Waals surface area contributed by atoms with Crippen molar-refractivity contribution in [3.8, 4) is 11.1 Å². The van der Waals surface area contributed by atoms with Crippen molar-refractivity contribution in [2.45, 2.75) is 25.4 Å². The van der Waals surface area contributed by atoms with Gasteiger partial charge in [0.15, 0.2) is 0 Å². The normalized spacial score (nSPS) is 14.6. The van der Waals surface area contributed by atoms with E-state index in [4.69, 9.17) is 11.6 Å². The molecule has 0 aliphatic heterocycles. The molecular weight excluding hydrogens is 322 g/mol. The quantitative estimate of drug-likeness (QED) is 0.826. The van der Waals surface area contributed by atoms with Crippen LogP contribution in [0, 0.1) is 0 Å². The van der Waals surface area contributed by atoms with Crippen LogP contribution in [0.15, 0.2) is 46.9 Å². The first kappa shape index (κ1) is 13.2. The summed E-state index contributed by atoms with van der Waals surface area (Å²) in [5, 5.41) is 4.35. The van der Waals surface area contributed by atoms with Crippen LogP contribution in [0.4, 0.5) is 0 Å². The van der Waals surface area contributed by atoms with Gasteiger partial charge in [0.25, 0.3) is 0 Å². The Hall–Kier alpha value is -0.830. The van der Waals surface area contributed by atoms with Gasteiger partial charge in [-0.05, 0) is 47.7 Å². The summed E-state index contributed by atoms with van der Waals surface area (Å²) in [4.78, 5) is 0. The van der Waals surface area contributed by atoms with Crippen LogP contribution in [-0.4, -0.2) is 6.04 Å². The molecule has 98 valence electrons. The summed E-state index contributed by atoms with van der Waals surface area (Å²) in [5.41, 5.74) is 3.57. The van der Waals surface area contributed by atoms with Crippen LogP contribution in [0.25, 0.3) is 11.1 Å². The molecule has 0 radical (unpaired) electrons. The smallest absolute Gasteiger partial charge is 0.0451 e. The lowest BCUT2D eigenvalue weighted by molar-refractivity contribution is 0.688. The van der Waals surface area contributed by atoms with Crippen molar-refractivity contribution < 1.29 is 0 Å². The Morgan fingerprint density at radius 2 is 1.95 bits per heavy atom. The van der Waals surface area contributed by atoms with Crippen molar-refractivity contribution in [2.75, 3.05) is 0 Å². The van der Waals surface area contributed by atoms with Crippen LogP contribution in [0.1, 0.15) is 18.4 Å². The minimum atomic E-state index is 0.697. The number of nitrogens with one attached hydrogen (secondary N) is 1. The molecule has 2 aromatic carbocycles. The molecular formula is C16H15BrClN. The molecule has 1 aliphatic rings. The highest BCUT2D eigenvalue weighted by molar-refractivity contribution is 9.10. The van der Waals surface area contributed by atoms with Crippen molar-refractivity contribution in [3.63, 3.8) is 0 Å². The second-order valence-corrected chi connectivity index (χ2v) is 6.20. The predicted molar refractivity (Wildman–Crippen MR) is 84.4 cm³/mol. The number of hydrogen-bond acceptors (Lipinski definition) is 1. The van der Waals surface area contributed by atoms with E-state index in [-0.39, 0.29) is 0 Å². The van der Waals surface area contributed by atoms with Crippen molar-refractivity contribution in [3.05, 3.63) is 57.5 Å². The summed E-state index contributed by atoms with van der Waals surface area (Å²) in [6.07, 6.45) is 2.59. The van der Waals surface area contributed by atoms with Crippen molar-refractivity contribution in [1.29, 1.82) is 0 Å². The Morgan fingerprint density at radius 1 is 1.16 bits per heavy atom. The third-order valence-electron chi connectivity index (χ3n) is 3.39. The van der Waals surface area contributed by atoms with Gasteiger partial charge in [-0.15, -0.1) is 0 Å². The first-order valence-corrected chi connectivity index (χ1v) is 7.68. The molecule has 0 unspecified atom stereocenters. The molecule has 0 spiro atoms. The number of benzene rings is 2. The molecule has 0 heterocycles. The third-order valence-corrected chi connectivity index (χ3v) is 4.45. The molecule has 3 rings (SSSR count). The standard InChI is InChI=1S/C16H15BrClN/c17-15-4-2-1-3-14(15)11-5-8-16(18)12(9-11)10-19-13-6-7-13/h1-5,8-9,13,19H,6-7,10H2. The molecule has 2 aromatic rings. The summed E-state index contributed by atoms with van der Waals surface area (Å²) in [7, 11) is 0. The predicted octanol–water partition coefficient (Wildman–Crippen LogP) is 5.02. The average molecular weight is 337 g/mol.